The van der Waals surface area contributed by atoms with Gasteiger partial charge in [0.1, 0.15) is 6.26 Å². The van der Waals surface area contributed by atoms with Gasteiger partial charge in [0, 0.05) is 58.2 Å². The molecule has 4 aliphatic rings. The fourth-order valence-electron chi connectivity index (χ4n) is 7.38. The number of methoxy groups -OCH3 is 1. The molecule has 0 bridgehead atoms. The van der Waals surface area contributed by atoms with Crippen LogP contribution in [-0.4, -0.2) is 77.6 Å². The molecule has 2 aromatic heterocycles. The predicted molar refractivity (Wildman–Crippen MR) is 133 cm³/mol. The van der Waals surface area contributed by atoms with Crippen LogP contribution in [-0.2, 0) is 27.2 Å². The lowest BCUT2D eigenvalue weighted by Crippen LogP contribution is -2.49. The Morgan fingerprint density at radius 3 is 2.97 bits per heavy atom. The third kappa shape index (κ3) is 4.46. The molecule has 37 heavy (non-hydrogen) atoms. The van der Waals surface area contributed by atoms with E-state index in [1.54, 1.807) is 12.0 Å². The number of aromatic nitrogens is 2. The van der Waals surface area contributed by atoms with Crippen LogP contribution in [0.15, 0.2) is 29.1 Å². The van der Waals surface area contributed by atoms with Gasteiger partial charge < -0.3 is 23.7 Å². The largest absolute Gasteiger partial charge is 0.441 e. The summed E-state index contributed by atoms with van der Waals surface area (Å²) < 4.78 is 16.7. The molecule has 198 valence electrons. The average Bonchev–Trinajstić information content (AvgIpc) is 3.63. The van der Waals surface area contributed by atoms with Crippen LogP contribution in [0.2, 0.25) is 0 Å². The SMILES string of the molecule is COC1COCCC1C[C@@H]1C[C@H]2CN(C(=O)c3ncco3)C[C@@]2(C(=O)N2CCc3ncc(C)cc3C2)C1. The molecule has 0 N–H and O–H groups in total. The number of nitrogens with zero attached hydrogens (tertiary/aromatic N) is 4. The van der Waals surface area contributed by atoms with E-state index in [1.165, 1.54) is 12.5 Å². The monoisotopic (exact) mass is 508 g/mol. The van der Waals surface area contributed by atoms with E-state index in [0.29, 0.717) is 44.6 Å². The summed E-state index contributed by atoms with van der Waals surface area (Å²) in [6, 6.07) is 2.15. The Kier molecular flexibility index (Phi) is 6.52. The molecule has 2 aromatic rings. The zero-order valence-corrected chi connectivity index (χ0v) is 21.7. The second kappa shape index (κ2) is 9.83. The average molecular weight is 509 g/mol. The van der Waals surface area contributed by atoms with E-state index in [-0.39, 0.29) is 29.7 Å². The van der Waals surface area contributed by atoms with Crippen LogP contribution in [0, 0.1) is 30.1 Å². The molecule has 2 unspecified atom stereocenters. The number of ether oxygens (including phenoxy) is 2. The molecule has 9 nitrogen and oxygen atoms in total. The maximum absolute atomic E-state index is 14.4. The first kappa shape index (κ1) is 24.6. The number of hydrogen-bond donors (Lipinski definition) is 0. The highest BCUT2D eigenvalue weighted by Gasteiger charge is 2.60. The molecule has 5 heterocycles. The zero-order valence-electron chi connectivity index (χ0n) is 21.7. The van der Waals surface area contributed by atoms with Crippen molar-refractivity contribution in [3.8, 4) is 0 Å². The Morgan fingerprint density at radius 1 is 1.27 bits per heavy atom. The van der Waals surface area contributed by atoms with E-state index in [2.05, 4.69) is 16.0 Å². The van der Waals surface area contributed by atoms with Crippen LogP contribution >= 0.6 is 0 Å². The van der Waals surface area contributed by atoms with Gasteiger partial charge in [-0.25, -0.2) is 4.98 Å². The van der Waals surface area contributed by atoms with E-state index in [4.69, 9.17) is 13.9 Å². The summed E-state index contributed by atoms with van der Waals surface area (Å²) in [5, 5.41) is 0. The molecule has 6 rings (SSSR count). The summed E-state index contributed by atoms with van der Waals surface area (Å²) in [6.07, 6.45) is 9.46. The quantitative estimate of drug-likeness (QED) is 0.613. The molecular weight excluding hydrogens is 472 g/mol. The highest BCUT2D eigenvalue weighted by molar-refractivity contribution is 5.92. The molecule has 1 aliphatic carbocycles. The Labute approximate surface area is 217 Å². The van der Waals surface area contributed by atoms with Gasteiger partial charge in [-0.1, -0.05) is 6.07 Å². The van der Waals surface area contributed by atoms with Gasteiger partial charge in [0.2, 0.25) is 5.91 Å². The van der Waals surface area contributed by atoms with Gasteiger partial charge >= 0.3 is 5.91 Å². The molecule has 0 aromatic carbocycles. The van der Waals surface area contributed by atoms with Gasteiger partial charge in [0.05, 0.1) is 24.3 Å². The Hall–Kier alpha value is -2.78. The maximum atomic E-state index is 14.4. The summed E-state index contributed by atoms with van der Waals surface area (Å²) >= 11 is 0. The summed E-state index contributed by atoms with van der Waals surface area (Å²) in [5.74, 6) is 1.05. The van der Waals surface area contributed by atoms with Gasteiger partial charge in [-0.15, -0.1) is 0 Å². The van der Waals surface area contributed by atoms with E-state index < -0.39 is 5.41 Å². The standard InChI is InChI=1S/C28H36N4O5/c1-18-9-21-14-31(6-3-23(21)30-13-18)27(34)28-12-19(10-20-4-7-36-16-24(20)35-2)11-22(28)15-32(17-28)26(33)25-29-5-8-37-25/h5,8-9,13,19-20,22,24H,3-4,6-7,10-12,14-17H2,1-2H3/t19-,20?,22+,24?,28+/m1/s1. The number of oxazole rings is 1. The van der Waals surface area contributed by atoms with Crippen LogP contribution in [0.4, 0.5) is 0 Å². The second-order valence-electron chi connectivity index (χ2n) is 11.4. The maximum Gasteiger partial charge on any atom is 0.309 e. The predicted octanol–water partition coefficient (Wildman–Crippen LogP) is 2.87. The summed E-state index contributed by atoms with van der Waals surface area (Å²) in [7, 11) is 1.76. The molecule has 3 fully saturated rings. The van der Waals surface area contributed by atoms with Crippen molar-refractivity contribution in [1.82, 2.24) is 19.8 Å². The van der Waals surface area contributed by atoms with Gasteiger partial charge in [0.15, 0.2) is 0 Å². The van der Waals surface area contributed by atoms with Crippen molar-refractivity contribution in [2.75, 3.05) is 40.0 Å². The van der Waals surface area contributed by atoms with Crippen molar-refractivity contribution < 1.29 is 23.5 Å². The third-order valence-corrected chi connectivity index (χ3v) is 9.14. The van der Waals surface area contributed by atoms with Crippen molar-refractivity contribution in [2.45, 2.75) is 51.7 Å². The minimum Gasteiger partial charge on any atom is -0.441 e. The van der Waals surface area contributed by atoms with E-state index in [0.717, 1.165) is 55.5 Å². The fraction of sp³-hybridized carbons (Fsp3) is 0.643. The Morgan fingerprint density at radius 2 is 2.16 bits per heavy atom. The van der Waals surface area contributed by atoms with Crippen LogP contribution in [0.5, 0.6) is 0 Å². The van der Waals surface area contributed by atoms with Gasteiger partial charge in [-0.3, -0.25) is 14.6 Å². The molecule has 2 amide bonds. The number of amides is 2. The smallest absolute Gasteiger partial charge is 0.309 e. The zero-order chi connectivity index (χ0) is 25.6. The number of likely N-dealkylation sites (tertiary alicyclic amines) is 1. The summed E-state index contributed by atoms with van der Waals surface area (Å²) in [5.41, 5.74) is 2.76. The molecule has 2 saturated heterocycles. The lowest BCUT2D eigenvalue weighted by atomic mass is 9.78. The van der Waals surface area contributed by atoms with E-state index >= 15 is 0 Å². The van der Waals surface area contributed by atoms with Crippen molar-refractivity contribution in [3.63, 3.8) is 0 Å². The molecule has 5 atom stereocenters. The first-order chi connectivity index (χ1) is 18.0. The summed E-state index contributed by atoms with van der Waals surface area (Å²) in [4.78, 5) is 40.0. The summed E-state index contributed by atoms with van der Waals surface area (Å²) in [6.45, 7) is 5.68. The van der Waals surface area contributed by atoms with Gasteiger partial charge in [-0.2, -0.15) is 0 Å². The molecule has 0 spiro atoms. The highest BCUT2D eigenvalue weighted by Crippen LogP contribution is 2.54. The first-order valence-electron chi connectivity index (χ1n) is 13.5. The van der Waals surface area contributed by atoms with Crippen molar-refractivity contribution in [1.29, 1.82) is 0 Å². The van der Waals surface area contributed by atoms with Gasteiger partial charge in [0.25, 0.3) is 5.89 Å². The van der Waals surface area contributed by atoms with Crippen LogP contribution in [0.1, 0.15) is 53.2 Å². The number of carbonyl (C=O) groups is 2. The highest BCUT2D eigenvalue weighted by atomic mass is 16.5. The third-order valence-electron chi connectivity index (χ3n) is 9.14. The second-order valence-corrected chi connectivity index (χ2v) is 11.4. The number of rotatable bonds is 5. The Balaban J connectivity index is 1.24. The lowest BCUT2D eigenvalue weighted by molar-refractivity contribution is -0.144. The first-order valence-corrected chi connectivity index (χ1v) is 13.5. The van der Waals surface area contributed by atoms with Gasteiger partial charge in [-0.05, 0) is 61.5 Å². The topological polar surface area (TPSA) is 98.0 Å². The van der Waals surface area contributed by atoms with Crippen LogP contribution in [0.3, 0.4) is 0 Å². The van der Waals surface area contributed by atoms with E-state index in [1.807, 2.05) is 18.0 Å². The number of aryl methyl sites for hydroxylation is 1. The fourth-order valence-corrected chi connectivity index (χ4v) is 7.38. The van der Waals surface area contributed by atoms with E-state index in [9.17, 15) is 9.59 Å². The minimum absolute atomic E-state index is 0.0951. The Bertz CT molecular complexity index is 1150. The number of hydrogen-bond acceptors (Lipinski definition) is 7. The minimum atomic E-state index is -0.574. The normalized spacial score (nSPS) is 31.3. The molecule has 9 heteroatoms. The van der Waals surface area contributed by atoms with Crippen LogP contribution in [0.25, 0.3) is 0 Å². The van der Waals surface area contributed by atoms with Crippen molar-refractivity contribution >= 4 is 11.8 Å². The van der Waals surface area contributed by atoms with Crippen LogP contribution < -0.4 is 0 Å². The number of pyridine rings is 1. The molecule has 1 saturated carbocycles. The lowest BCUT2D eigenvalue weighted by Gasteiger charge is -2.37. The van der Waals surface area contributed by atoms with Crippen molar-refractivity contribution in [2.24, 2.45) is 23.2 Å². The van der Waals surface area contributed by atoms with Crippen molar-refractivity contribution in [3.05, 3.63) is 47.4 Å². The molecular formula is C28H36N4O5. The number of carbonyl (C=O) groups excluding carboxylic acids is 2. The molecule has 0 radical (unpaired) electrons. The molecule has 3 aliphatic heterocycles. The number of fused-ring (bicyclic) bond motifs is 2.